The maximum absolute atomic E-state index is 12.8. The molecule has 3 aliphatic rings. The summed E-state index contributed by atoms with van der Waals surface area (Å²) < 4.78 is 12.2. The maximum Gasteiger partial charge on any atom is 0.316 e. The average Bonchev–Trinajstić information content (AvgIpc) is 2.75. The van der Waals surface area contributed by atoms with Crippen molar-refractivity contribution in [2.24, 2.45) is 5.92 Å². The number of aromatic nitrogens is 2. The van der Waals surface area contributed by atoms with Crippen molar-refractivity contribution in [2.75, 3.05) is 39.3 Å². The summed E-state index contributed by atoms with van der Waals surface area (Å²) >= 11 is 0. The molecule has 3 saturated heterocycles. The monoisotopic (exact) mass is 402 g/mol. The Balaban J connectivity index is 1.24. The topological polar surface area (TPSA) is 67.8 Å². The van der Waals surface area contributed by atoms with Crippen LogP contribution in [0, 0.1) is 5.92 Å². The number of carbonyl (C=O) groups is 1. The third kappa shape index (κ3) is 5.25. The molecule has 4 heterocycles. The molecule has 7 heteroatoms. The molecule has 0 bridgehead atoms. The number of nitrogens with zero attached hydrogens (tertiary/aromatic N) is 4. The highest BCUT2D eigenvalue weighted by Crippen LogP contribution is 2.36. The molecule has 0 saturated carbocycles. The van der Waals surface area contributed by atoms with Crippen molar-refractivity contribution >= 4 is 5.91 Å². The number of hydrogen-bond acceptors (Lipinski definition) is 6. The zero-order chi connectivity index (χ0) is 20.1. The van der Waals surface area contributed by atoms with Crippen molar-refractivity contribution in [3.8, 4) is 6.01 Å². The SMILES string of the molecule is CCN1CCC(CC(=O)N2CCC3(CC2)CC(Oc2ncccn2)CCO3)CC1. The van der Waals surface area contributed by atoms with Crippen LogP contribution in [0.3, 0.4) is 0 Å². The molecule has 0 aliphatic carbocycles. The molecule has 3 fully saturated rings. The molecule has 7 nitrogen and oxygen atoms in total. The fourth-order valence-electron chi connectivity index (χ4n) is 4.97. The number of ether oxygens (including phenoxy) is 2. The molecule has 0 N–H and O–H groups in total. The van der Waals surface area contributed by atoms with Crippen molar-refractivity contribution in [2.45, 2.75) is 63.6 Å². The van der Waals surface area contributed by atoms with E-state index in [-0.39, 0.29) is 11.7 Å². The zero-order valence-corrected chi connectivity index (χ0v) is 17.6. The van der Waals surface area contributed by atoms with E-state index in [0.717, 1.165) is 71.2 Å². The summed E-state index contributed by atoms with van der Waals surface area (Å²) in [5, 5.41) is 0. The summed E-state index contributed by atoms with van der Waals surface area (Å²) in [5.41, 5.74) is -0.166. The Labute approximate surface area is 173 Å². The van der Waals surface area contributed by atoms with Crippen LogP contribution in [0.2, 0.25) is 0 Å². The maximum atomic E-state index is 12.8. The summed E-state index contributed by atoms with van der Waals surface area (Å²) in [6.07, 6.45) is 10.00. The van der Waals surface area contributed by atoms with Crippen LogP contribution in [0.4, 0.5) is 0 Å². The van der Waals surface area contributed by atoms with Crippen LogP contribution in [0.25, 0.3) is 0 Å². The highest BCUT2D eigenvalue weighted by atomic mass is 16.5. The smallest absolute Gasteiger partial charge is 0.316 e. The predicted octanol–water partition coefficient (Wildman–Crippen LogP) is 2.52. The lowest BCUT2D eigenvalue weighted by atomic mass is 9.83. The van der Waals surface area contributed by atoms with E-state index in [1.165, 1.54) is 0 Å². The van der Waals surface area contributed by atoms with E-state index in [1.807, 2.05) is 0 Å². The molecule has 29 heavy (non-hydrogen) atoms. The quantitative estimate of drug-likeness (QED) is 0.754. The van der Waals surface area contributed by atoms with Gasteiger partial charge in [0.05, 0.1) is 12.2 Å². The molecule has 4 rings (SSSR count). The summed E-state index contributed by atoms with van der Waals surface area (Å²) in [6, 6.07) is 2.23. The number of piperidine rings is 2. The van der Waals surface area contributed by atoms with Gasteiger partial charge in [0.2, 0.25) is 5.91 Å². The first kappa shape index (κ1) is 20.5. The Morgan fingerprint density at radius 2 is 1.90 bits per heavy atom. The Morgan fingerprint density at radius 1 is 1.17 bits per heavy atom. The molecule has 0 radical (unpaired) electrons. The lowest BCUT2D eigenvalue weighted by Gasteiger charge is -2.46. The molecular formula is C22H34N4O3. The lowest BCUT2D eigenvalue weighted by molar-refractivity contribution is -0.152. The minimum atomic E-state index is -0.166. The van der Waals surface area contributed by atoms with Crippen LogP contribution >= 0.6 is 0 Å². The number of likely N-dealkylation sites (tertiary alicyclic amines) is 2. The van der Waals surface area contributed by atoms with Crippen molar-refractivity contribution in [1.82, 2.24) is 19.8 Å². The molecule has 1 spiro atoms. The Hall–Kier alpha value is -1.73. The second-order valence-electron chi connectivity index (χ2n) is 8.76. The molecule has 1 aromatic heterocycles. The van der Waals surface area contributed by atoms with Crippen LogP contribution in [-0.2, 0) is 9.53 Å². The third-order valence-electron chi connectivity index (χ3n) is 6.91. The van der Waals surface area contributed by atoms with Crippen molar-refractivity contribution < 1.29 is 14.3 Å². The van der Waals surface area contributed by atoms with Gasteiger partial charge in [-0.3, -0.25) is 4.79 Å². The van der Waals surface area contributed by atoms with Crippen LogP contribution in [0.5, 0.6) is 6.01 Å². The van der Waals surface area contributed by atoms with Gasteiger partial charge in [0.1, 0.15) is 6.10 Å². The molecule has 3 aliphatic heterocycles. The van der Waals surface area contributed by atoms with Crippen molar-refractivity contribution in [1.29, 1.82) is 0 Å². The van der Waals surface area contributed by atoms with Crippen LogP contribution < -0.4 is 4.74 Å². The summed E-state index contributed by atoms with van der Waals surface area (Å²) in [5.74, 6) is 0.881. The Kier molecular flexibility index (Phi) is 6.65. The van der Waals surface area contributed by atoms with Gasteiger partial charge in [0, 0.05) is 44.7 Å². The molecular weight excluding hydrogens is 368 g/mol. The van der Waals surface area contributed by atoms with Gasteiger partial charge in [-0.25, -0.2) is 9.97 Å². The average molecular weight is 403 g/mol. The Bertz CT molecular complexity index is 655. The highest BCUT2D eigenvalue weighted by molar-refractivity contribution is 5.76. The van der Waals surface area contributed by atoms with E-state index in [4.69, 9.17) is 9.47 Å². The zero-order valence-electron chi connectivity index (χ0n) is 17.6. The first-order chi connectivity index (χ1) is 14.2. The largest absolute Gasteiger partial charge is 0.460 e. The van der Waals surface area contributed by atoms with Crippen LogP contribution in [0.1, 0.15) is 51.9 Å². The van der Waals surface area contributed by atoms with E-state index >= 15 is 0 Å². The first-order valence-corrected chi connectivity index (χ1v) is 11.2. The minimum Gasteiger partial charge on any atom is -0.460 e. The van der Waals surface area contributed by atoms with Gasteiger partial charge in [-0.1, -0.05) is 6.92 Å². The van der Waals surface area contributed by atoms with Gasteiger partial charge in [-0.2, -0.15) is 0 Å². The Morgan fingerprint density at radius 3 is 2.59 bits per heavy atom. The first-order valence-electron chi connectivity index (χ1n) is 11.2. The highest BCUT2D eigenvalue weighted by Gasteiger charge is 2.42. The van der Waals surface area contributed by atoms with Crippen LogP contribution in [-0.4, -0.2) is 76.7 Å². The van der Waals surface area contributed by atoms with Crippen LogP contribution in [0.15, 0.2) is 18.5 Å². The second-order valence-corrected chi connectivity index (χ2v) is 8.76. The molecule has 0 aromatic carbocycles. The van der Waals surface area contributed by atoms with Crippen molar-refractivity contribution in [3.63, 3.8) is 0 Å². The van der Waals surface area contributed by atoms with E-state index in [9.17, 15) is 4.79 Å². The standard InChI is InChI=1S/C22H34N4O3/c1-2-25-11-4-18(5-12-25)16-20(27)26-13-7-22(8-14-26)17-19(6-15-28-22)29-21-23-9-3-10-24-21/h3,9-10,18-19H,2,4-8,11-17H2,1H3. The fourth-order valence-corrected chi connectivity index (χ4v) is 4.97. The lowest BCUT2D eigenvalue weighted by Crippen LogP contribution is -2.52. The van der Waals surface area contributed by atoms with Gasteiger partial charge in [0.25, 0.3) is 0 Å². The van der Waals surface area contributed by atoms with E-state index in [2.05, 4.69) is 26.7 Å². The molecule has 1 amide bonds. The van der Waals surface area contributed by atoms with Crippen molar-refractivity contribution in [3.05, 3.63) is 18.5 Å². The number of hydrogen-bond donors (Lipinski definition) is 0. The second kappa shape index (κ2) is 9.39. The van der Waals surface area contributed by atoms with Gasteiger partial charge in [-0.15, -0.1) is 0 Å². The summed E-state index contributed by atoms with van der Waals surface area (Å²) in [4.78, 5) is 25.7. The fraction of sp³-hybridized carbons (Fsp3) is 0.773. The van der Waals surface area contributed by atoms with Gasteiger partial charge < -0.3 is 19.3 Å². The number of rotatable bonds is 5. The van der Waals surface area contributed by atoms with Gasteiger partial charge in [-0.05, 0) is 57.3 Å². The summed E-state index contributed by atoms with van der Waals surface area (Å²) in [6.45, 7) is 7.89. The molecule has 1 atom stereocenters. The van der Waals surface area contributed by atoms with E-state index in [1.54, 1.807) is 18.5 Å². The van der Waals surface area contributed by atoms with E-state index in [0.29, 0.717) is 30.9 Å². The normalized spacial score (nSPS) is 25.8. The molecule has 1 aromatic rings. The van der Waals surface area contributed by atoms with Gasteiger partial charge in [0.15, 0.2) is 0 Å². The van der Waals surface area contributed by atoms with E-state index < -0.39 is 0 Å². The third-order valence-corrected chi connectivity index (χ3v) is 6.91. The minimum absolute atomic E-state index is 0.0807. The number of amides is 1. The predicted molar refractivity (Wildman–Crippen MR) is 110 cm³/mol. The molecule has 160 valence electrons. The molecule has 1 unspecified atom stereocenters. The number of carbonyl (C=O) groups excluding carboxylic acids is 1. The van der Waals surface area contributed by atoms with Gasteiger partial charge >= 0.3 is 6.01 Å². The summed E-state index contributed by atoms with van der Waals surface area (Å²) in [7, 11) is 0.